The number of fused-ring (bicyclic) bond motifs is 1. The van der Waals surface area contributed by atoms with Gasteiger partial charge in [-0.1, -0.05) is 18.2 Å². The van der Waals surface area contributed by atoms with Gasteiger partial charge in [0.05, 0.1) is 0 Å². The second-order valence-corrected chi connectivity index (χ2v) is 7.44. The summed E-state index contributed by atoms with van der Waals surface area (Å²) in [6, 6.07) is 9.29. The summed E-state index contributed by atoms with van der Waals surface area (Å²) in [7, 11) is 3.20. The van der Waals surface area contributed by atoms with Gasteiger partial charge in [-0.05, 0) is 35.4 Å². The van der Waals surface area contributed by atoms with Gasteiger partial charge in [0.2, 0.25) is 11.8 Å². The number of H-pyrrole nitrogens is 1. The molecule has 1 aliphatic rings. The Hall–Kier alpha value is -3.22. The summed E-state index contributed by atoms with van der Waals surface area (Å²) < 4.78 is 27.4. The lowest BCUT2D eigenvalue weighted by Crippen LogP contribution is -2.63. The number of aromatic nitrogens is 1. The van der Waals surface area contributed by atoms with E-state index in [0.29, 0.717) is 22.9 Å². The molecule has 2 heterocycles. The van der Waals surface area contributed by atoms with Crippen LogP contribution >= 0.6 is 0 Å². The molecule has 1 saturated heterocycles. The molecule has 2 aromatic carbocycles. The zero-order chi connectivity index (χ0) is 20.7. The third kappa shape index (κ3) is 3.37. The number of nitrogens with one attached hydrogen (secondary N) is 1. The first kappa shape index (κ1) is 19.1. The van der Waals surface area contributed by atoms with Crippen molar-refractivity contribution in [2.24, 2.45) is 0 Å². The van der Waals surface area contributed by atoms with Gasteiger partial charge >= 0.3 is 0 Å². The summed E-state index contributed by atoms with van der Waals surface area (Å²) in [6.07, 6.45) is 2.21. The number of halogens is 2. The smallest absolute Gasteiger partial charge is 0.246 e. The SMILES string of the molecule is CN1C(=O)[C@H](Cc2c[nH]c3cccc(F)c23)N(C)C(=O)[C@@H]1Cc1ccc(F)cc1. The minimum atomic E-state index is -0.712. The highest BCUT2D eigenvalue weighted by Gasteiger charge is 2.42. The van der Waals surface area contributed by atoms with Crippen LogP contribution < -0.4 is 0 Å². The Morgan fingerprint density at radius 3 is 2.17 bits per heavy atom. The van der Waals surface area contributed by atoms with E-state index in [1.54, 1.807) is 44.6 Å². The van der Waals surface area contributed by atoms with Gasteiger partial charge in [0, 0.05) is 44.0 Å². The first-order valence-electron chi connectivity index (χ1n) is 9.39. The maximum absolute atomic E-state index is 14.3. The highest BCUT2D eigenvalue weighted by atomic mass is 19.1. The molecule has 7 heteroatoms. The second-order valence-electron chi connectivity index (χ2n) is 7.44. The lowest BCUT2D eigenvalue weighted by molar-refractivity contribution is -0.158. The number of likely N-dealkylation sites (N-methyl/N-ethyl adjacent to an activating group) is 2. The van der Waals surface area contributed by atoms with E-state index in [0.717, 1.165) is 5.56 Å². The average Bonchev–Trinajstić information content (AvgIpc) is 3.13. The summed E-state index contributed by atoms with van der Waals surface area (Å²) in [4.78, 5) is 32.0. The molecular weight excluding hydrogens is 376 g/mol. The van der Waals surface area contributed by atoms with Gasteiger partial charge in [-0.3, -0.25) is 9.59 Å². The molecule has 0 radical (unpaired) electrons. The molecule has 2 atom stereocenters. The lowest BCUT2D eigenvalue weighted by atomic mass is 9.95. The van der Waals surface area contributed by atoms with Crippen LogP contribution in [0.1, 0.15) is 11.1 Å². The minimum Gasteiger partial charge on any atom is -0.361 e. The van der Waals surface area contributed by atoms with Crippen molar-refractivity contribution in [3.63, 3.8) is 0 Å². The normalized spacial score (nSPS) is 20.0. The number of benzene rings is 2. The molecule has 1 fully saturated rings. The van der Waals surface area contributed by atoms with E-state index in [1.807, 2.05) is 0 Å². The Morgan fingerprint density at radius 1 is 0.897 bits per heavy atom. The van der Waals surface area contributed by atoms with Crippen LogP contribution in [0.2, 0.25) is 0 Å². The number of nitrogens with zero attached hydrogens (tertiary/aromatic N) is 2. The molecule has 29 heavy (non-hydrogen) atoms. The molecule has 1 aliphatic heterocycles. The van der Waals surface area contributed by atoms with Crippen molar-refractivity contribution in [2.45, 2.75) is 24.9 Å². The fourth-order valence-electron chi connectivity index (χ4n) is 3.98. The van der Waals surface area contributed by atoms with Gasteiger partial charge < -0.3 is 14.8 Å². The number of aromatic amines is 1. The first-order chi connectivity index (χ1) is 13.9. The monoisotopic (exact) mass is 397 g/mol. The van der Waals surface area contributed by atoms with Gasteiger partial charge in [0.25, 0.3) is 0 Å². The Bertz CT molecular complexity index is 1080. The van der Waals surface area contributed by atoms with Crippen LogP contribution in [0.3, 0.4) is 0 Å². The maximum atomic E-state index is 14.3. The number of amides is 2. The van der Waals surface area contributed by atoms with Gasteiger partial charge in [0.15, 0.2) is 0 Å². The van der Waals surface area contributed by atoms with Crippen LogP contribution in [-0.2, 0) is 22.4 Å². The Balaban J connectivity index is 1.58. The van der Waals surface area contributed by atoms with Crippen molar-refractivity contribution in [1.82, 2.24) is 14.8 Å². The molecule has 2 amide bonds. The van der Waals surface area contributed by atoms with E-state index >= 15 is 0 Å². The largest absolute Gasteiger partial charge is 0.361 e. The molecule has 150 valence electrons. The van der Waals surface area contributed by atoms with Crippen LogP contribution in [0.4, 0.5) is 8.78 Å². The molecule has 4 rings (SSSR count). The highest BCUT2D eigenvalue weighted by Crippen LogP contribution is 2.26. The predicted molar refractivity (Wildman–Crippen MR) is 105 cm³/mol. The summed E-state index contributed by atoms with van der Waals surface area (Å²) in [6.45, 7) is 0. The number of carbonyl (C=O) groups is 2. The molecule has 0 spiro atoms. The standard InChI is InChI=1S/C22H21F2N3O2/c1-26-18(10-13-6-8-15(23)9-7-13)21(28)27(2)19(22(26)29)11-14-12-25-17-5-3-4-16(24)20(14)17/h3-9,12,18-19,25H,10-11H2,1-2H3/t18-,19-/m0/s1. The third-order valence-corrected chi connectivity index (χ3v) is 5.69. The maximum Gasteiger partial charge on any atom is 0.246 e. The summed E-state index contributed by atoms with van der Waals surface area (Å²) in [5, 5.41) is 0.442. The number of hydrogen-bond donors (Lipinski definition) is 1. The van der Waals surface area contributed by atoms with Crippen molar-refractivity contribution in [2.75, 3.05) is 14.1 Å². The molecule has 1 aromatic heterocycles. The summed E-state index contributed by atoms with van der Waals surface area (Å²) in [5.74, 6) is -1.11. The molecule has 0 saturated carbocycles. The molecule has 0 aliphatic carbocycles. The number of hydrogen-bond acceptors (Lipinski definition) is 2. The van der Waals surface area contributed by atoms with E-state index in [4.69, 9.17) is 0 Å². The van der Waals surface area contributed by atoms with Crippen LogP contribution in [-0.4, -0.2) is 52.8 Å². The van der Waals surface area contributed by atoms with Crippen LogP contribution in [0.5, 0.6) is 0 Å². The van der Waals surface area contributed by atoms with Crippen molar-refractivity contribution in [3.05, 3.63) is 71.4 Å². The summed E-state index contributed by atoms with van der Waals surface area (Å²) in [5.41, 5.74) is 2.08. The van der Waals surface area contributed by atoms with E-state index < -0.39 is 12.1 Å². The van der Waals surface area contributed by atoms with Crippen LogP contribution in [0.25, 0.3) is 10.9 Å². The van der Waals surface area contributed by atoms with Crippen molar-refractivity contribution in [3.8, 4) is 0 Å². The quantitative estimate of drug-likeness (QED) is 0.736. The highest BCUT2D eigenvalue weighted by molar-refractivity contribution is 5.97. The topological polar surface area (TPSA) is 56.4 Å². The molecule has 3 aromatic rings. The summed E-state index contributed by atoms with van der Waals surface area (Å²) >= 11 is 0. The minimum absolute atomic E-state index is 0.193. The fourth-order valence-corrected chi connectivity index (χ4v) is 3.98. The number of piperazine rings is 1. The van der Waals surface area contributed by atoms with Crippen LogP contribution in [0.15, 0.2) is 48.7 Å². The number of rotatable bonds is 4. The van der Waals surface area contributed by atoms with Crippen LogP contribution in [0, 0.1) is 11.6 Å². The Morgan fingerprint density at radius 2 is 1.52 bits per heavy atom. The van der Waals surface area contributed by atoms with Gasteiger partial charge in [-0.2, -0.15) is 0 Å². The van der Waals surface area contributed by atoms with Crippen molar-refractivity contribution in [1.29, 1.82) is 0 Å². The predicted octanol–water partition coefficient (Wildman–Crippen LogP) is 2.90. The molecular formula is C22H21F2N3O2. The molecule has 1 N–H and O–H groups in total. The average molecular weight is 397 g/mol. The van der Waals surface area contributed by atoms with Gasteiger partial charge in [0.1, 0.15) is 23.7 Å². The van der Waals surface area contributed by atoms with E-state index in [-0.39, 0.29) is 29.9 Å². The van der Waals surface area contributed by atoms with E-state index in [2.05, 4.69) is 4.98 Å². The molecule has 5 nitrogen and oxygen atoms in total. The zero-order valence-electron chi connectivity index (χ0n) is 16.2. The molecule has 0 unspecified atom stereocenters. The number of carbonyl (C=O) groups excluding carboxylic acids is 2. The Kier molecular flexibility index (Phi) is 4.82. The third-order valence-electron chi connectivity index (χ3n) is 5.69. The van der Waals surface area contributed by atoms with E-state index in [9.17, 15) is 18.4 Å². The lowest BCUT2D eigenvalue weighted by Gasteiger charge is -2.42. The van der Waals surface area contributed by atoms with Crippen molar-refractivity contribution >= 4 is 22.7 Å². The molecule has 0 bridgehead atoms. The van der Waals surface area contributed by atoms with Crippen molar-refractivity contribution < 1.29 is 18.4 Å². The zero-order valence-corrected chi connectivity index (χ0v) is 16.2. The van der Waals surface area contributed by atoms with E-state index in [1.165, 1.54) is 28.0 Å². The fraction of sp³-hybridized carbons (Fsp3) is 0.273. The van der Waals surface area contributed by atoms with Gasteiger partial charge in [-0.15, -0.1) is 0 Å². The Labute approximate surface area is 166 Å². The van der Waals surface area contributed by atoms with Gasteiger partial charge in [-0.25, -0.2) is 8.78 Å². The first-order valence-corrected chi connectivity index (χ1v) is 9.39. The second kappa shape index (κ2) is 7.31.